The third-order valence-electron chi connectivity index (χ3n) is 2.18. The van der Waals surface area contributed by atoms with Crippen LogP contribution in [-0.4, -0.2) is 26.1 Å². The molecular formula is C10H7KN4O4. The van der Waals surface area contributed by atoms with Crippen molar-refractivity contribution in [2.24, 2.45) is 0 Å². The predicted molar refractivity (Wildman–Crippen MR) is 57.2 cm³/mol. The largest absolute Gasteiger partial charge is 1.00 e. The van der Waals surface area contributed by atoms with Crippen LogP contribution in [0.5, 0.6) is 0 Å². The van der Waals surface area contributed by atoms with E-state index in [0.29, 0.717) is 5.56 Å². The van der Waals surface area contributed by atoms with Gasteiger partial charge in [0.2, 0.25) is 0 Å². The smallest absolute Gasteiger partial charge is 0.550 e. The molecule has 0 fully saturated rings. The van der Waals surface area contributed by atoms with Crippen LogP contribution in [0.1, 0.15) is 5.82 Å². The van der Waals surface area contributed by atoms with Crippen molar-refractivity contribution < 1.29 is 66.2 Å². The molecule has 0 aliphatic heterocycles. The van der Waals surface area contributed by atoms with E-state index < -0.39 is 10.9 Å². The monoisotopic (exact) mass is 286 g/mol. The van der Waals surface area contributed by atoms with Crippen LogP contribution in [0.15, 0.2) is 24.3 Å². The molecule has 19 heavy (non-hydrogen) atoms. The van der Waals surface area contributed by atoms with E-state index in [2.05, 4.69) is 15.2 Å². The maximum absolute atomic E-state index is 10.5. The van der Waals surface area contributed by atoms with E-state index in [1.807, 2.05) is 0 Å². The van der Waals surface area contributed by atoms with Gasteiger partial charge < -0.3 is 9.90 Å². The molecule has 0 aliphatic carbocycles. The number of hydrogen-bond acceptors (Lipinski definition) is 6. The van der Waals surface area contributed by atoms with Crippen LogP contribution >= 0.6 is 0 Å². The molecule has 1 N–H and O–H groups in total. The first kappa shape index (κ1) is 15.9. The topological polar surface area (TPSA) is 125 Å². The number of aliphatic carboxylic acids is 1. The van der Waals surface area contributed by atoms with E-state index in [-0.39, 0.29) is 75.1 Å². The molecule has 1 aromatic heterocycles. The van der Waals surface area contributed by atoms with Crippen LogP contribution in [0.25, 0.3) is 11.4 Å². The van der Waals surface area contributed by atoms with Gasteiger partial charge >= 0.3 is 51.4 Å². The number of carbonyl (C=O) groups excluding carboxylic acids is 1. The second kappa shape index (κ2) is 6.87. The number of nitrogens with one attached hydrogen (secondary N) is 1. The fraction of sp³-hybridized carbons (Fsp3) is 0.100. The Kier molecular flexibility index (Phi) is 5.75. The van der Waals surface area contributed by atoms with Gasteiger partial charge in [-0.3, -0.25) is 15.2 Å². The Bertz CT molecular complexity index is 596. The van der Waals surface area contributed by atoms with Gasteiger partial charge in [-0.1, -0.05) is 0 Å². The Hall–Kier alpha value is -1.13. The fourth-order valence-corrected chi connectivity index (χ4v) is 1.37. The SMILES string of the molecule is O=C([O-])Cc1nc(-c2ccc([N+](=O)[O-])cc2)n[nH]1.[K+]. The summed E-state index contributed by atoms with van der Waals surface area (Å²) in [4.78, 5) is 24.3. The van der Waals surface area contributed by atoms with Crippen molar-refractivity contribution in [3.05, 3.63) is 40.2 Å². The summed E-state index contributed by atoms with van der Waals surface area (Å²) in [6.07, 6.45) is -0.361. The predicted octanol–water partition coefficient (Wildman–Crippen LogP) is -3.32. The van der Waals surface area contributed by atoms with Crippen molar-refractivity contribution in [1.82, 2.24) is 15.2 Å². The van der Waals surface area contributed by atoms with E-state index in [4.69, 9.17) is 0 Å². The van der Waals surface area contributed by atoms with E-state index in [9.17, 15) is 20.0 Å². The Morgan fingerprint density at radius 1 is 1.32 bits per heavy atom. The normalized spacial score (nSPS) is 9.68. The molecule has 1 heterocycles. The third-order valence-corrected chi connectivity index (χ3v) is 2.18. The zero-order chi connectivity index (χ0) is 13.1. The third kappa shape index (κ3) is 4.18. The number of aromatic nitrogens is 3. The molecule has 0 unspecified atom stereocenters. The average molecular weight is 286 g/mol. The molecule has 2 aromatic rings. The fourth-order valence-electron chi connectivity index (χ4n) is 1.37. The first-order chi connectivity index (χ1) is 8.56. The van der Waals surface area contributed by atoms with Crippen molar-refractivity contribution in [2.75, 3.05) is 0 Å². The average Bonchev–Trinajstić information content (AvgIpc) is 2.76. The molecule has 0 saturated heterocycles. The Balaban J connectivity index is 0.00000180. The number of hydrogen-bond donors (Lipinski definition) is 1. The van der Waals surface area contributed by atoms with Gasteiger partial charge in [0.15, 0.2) is 5.82 Å². The minimum Gasteiger partial charge on any atom is -0.550 e. The van der Waals surface area contributed by atoms with E-state index in [0.717, 1.165) is 0 Å². The van der Waals surface area contributed by atoms with Crippen LogP contribution in [0.4, 0.5) is 5.69 Å². The molecule has 9 heteroatoms. The number of nitrogens with zero attached hydrogens (tertiary/aromatic N) is 3. The summed E-state index contributed by atoms with van der Waals surface area (Å²) in [5.41, 5.74) is 0.519. The molecule has 0 radical (unpaired) electrons. The van der Waals surface area contributed by atoms with Gasteiger partial charge in [0.25, 0.3) is 5.69 Å². The number of carbonyl (C=O) groups is 1. The summed E-state index contributed by atoms with van der Waals surface area (Å²) in [6, 6.07) is 5.63. The number of H-pyrrole nitrogens is 1. The van der Waals surface area contributed by atoms with E-state index in [1.54, 1.807) is 0 Å². The number of carboxylic acid groups (broad SMARTS) is 1. The minimum absolute atomic E-state index is 0. The number of non-ortho nitro benzene ring substituents is 1. The molecule has 2 rings (SSSR count). The van der Waals surface area contributed by atoms with Gasteiger partial charge in [0, 0.05) is 30.1 Å². The van der Waals surface area contributed by atoms with Crippen molar-refractivity contribution in [3.8, 4) is 11.4 Å². The number of benzene rings is 1. The van der Waals surface area contributed by atoms with Crippen molar-refractivity contribution in [1.29, 1.82) is 0 Å². The first-order valence-electron chi connectivity index (χ1n) is 4.92. The van der Waals surface area contributed by atoms with Crippen molar-refractivity contribution in [3.63, 3.8) is 0 Å². The van der Waals surface area contributed by atoms with Crippen LogP contribution in [0.2, 0.25) is 0 Å². The van der Waals surface area contributed by atoms with Gasteiger partial charge in [-0.2, -0.15) is 5.10 Å². The first-order valence-corrected chi connectivity index (χ1v) is 4.92. The molecule has 1 aromatic carbocycles. The Morgan fingerprint density at radius 2 is 1.95 bits per heavy atom. The van der Waals surface area contributed by atoms with Crippen LogP contribution in [-0.2, 0) is 11.2 Å². The van der Waals surface area contributed by atoms with E-state index >= 15 is 0 Å². The number of nitro benzene ring substituents is 1. The summed E-state index contributed by atoms with van der Waals surface area (Å²) in [7, 11) is 0. The van der Waals surface area contributed by atoms with Crippen LogP contribution < -0.4 is 56.5 Å². The summed E-state index contributed by atoms with van der Waals surface area (Å²) in [5.74, 6) is -0.814. The number of aromatic amines is 1. The molecule has 0 spiro atoms. The quantitative estimate of drug-likeness (QED) is 0.356. The summed E-state index contributed by atoms with van der Waals surface area (Å²) in [6.45, 7) is 0. The van der Waals surface area contributed by atoms with E-state index in [1.165, 1.54) is 24.3 Å². The molecule has 92 valence electrons. The second-order valence-corrected chi connectivity index (χ2v) is 3.46. The minimum atomic E-state index is -1.26. The van der Waals surface area contributed by atoms with Crippen LogP contribution in [0.3, 0.4) is 0 Å². The zero-order valence-corrected chi connectivity index (χ0v) is 13.1. The Morgan fingerprint density at radius 3 is 2.47 bits per heavy atom. The van der Waals surface area contributed by atoms with Gasteiger partial charge in [0.05, 0.1) is 4.92 Å². The van der Waals surface area contributed by atoms with Crippen molar-refractivity contribution >= 4 is 11.7 Å². The second-order valence-electron chi connectivity index (χ2n) is 3.46. The molecule has 8 nitrogen and oxygen atoms in total. The number of carboxylic acids is 1. The molecule has 0 saturated carbocycles. The summed E-state index contributed by atoms with van der Waals surface area (Å²) in [5, 5.41) is 27.1. The standard InChI is InChI=1S/C10H8N4O4.K/c15-9(16)5-8-11-10(13-12-8)6-1-3-7(4-2-6)14(17)18;/h1-4H,5H2,(H,15,16)(H,11,12,13);/q;+1/p-1. The number of nitro groups is 1. The molecule has 0 aliphatic rings. The van der Waals surface area contributed by atoms with Gasteiger partial charge in [-0.25, -0.2) is 4.98 Å². The summed E-state index contributed by atoms with van der Waals surface area (Å²) >= 11 is 0. The molecular weight excluding hydrogens is 279 g/mol. The van der Waals surface area contributed by atoms with Gasteiger partial charge in [-0.15, -0.1) is 0 Å². The maximum Gasteiger partial charge on any atom is 1.00 e. The van der Waals surface area contributed by atoms with Gasteiger partial charge in [-0.05, 0) is 12.1 Å². The molecule has 0 amide bonds. The molecule has 0 bridgehead atoms. The van der Waals surface area contributed by atoms with Gasteiger partial charge in [0.1, 0.15) is 5.82 Å². The zero-order valence-electron chi connectivity index (χ0n) is 9.99. The van der Waals surface area contributed by atoms with Crippen LogP contribution in [0, 0.1) is 10.1 Å². The number of rotatable bonds is 4. The summed E-state index contributed by atoms with van der Waals surface area (Å²) < 4.78 is 0. The van der Waals surface area contributed by atoms with Crippen molar-refractivity contribution in [2.45, 2.75) is 6.42 Å². The molecule has 0 atom stereocenters. The maximum atomic E-state index is 10.5. The Labute approximate surface area is 149 Å².